The summed E-state index contributed by atoms with van der Waals surface area (Å²) in [7, 11) is -7.79. The Morgan fingerprint density at radius 3 is 2.15 bits per heavy atom. The first kappa shape index (κ1) is 20.8. The highest BCUT2D eigenvalue weighted by Gasteiger charge is 2.20. The molecule has 0 unspecified atom stereocenters. The molecule has 0 saturated carbocycles. The number of carbonyl (C=O) groups is 1. The Bertz CT molecular complexity index is 1060. The second kappa shape index (κ2) is 8.01. The fraction of sp³-hybridized carbons (Fsp3) is 0.0714. The molecule has 0 bridgehead atoms. The maximum absolute atomic E-state index is 12.5. The van der Waals surface area contributed by atoms with E-state index in [0.29, 0.717) is 5.02 Å². The molecule has 0 aliphatic heterocycles. The van der Waals surface area contributed by atoms with Gasteiger partial charge in [0, 0.05) is 21.2 Å². The van der Waals surface area contributed by atoms with Crippen molar-refractivity contribution in [3.63, 3.8) is 0 Å². The Morgan fingerprint density at radius 1 is 1.00 bits per heavy atom. The number of hydrogen-bond donors (Lipinski definition) is 1. The van der Waals surface area contributed by atoms with Gasteiger partial charge in [0.1, 0.15) is 0 Å². The number of benzene rings is 2. The third-order valence-corrected chi connectivity index (χ3v) is 6.08. The summed E-state index contributed by atoms with van der Waals surface area (Å²) in [6, 6.07) is 8.23. The van der Waals surface area contributed by atoms with E-state index in [4.69, 9.17) is 34.8 Å². The zero-order chi connectivity index (χ0) is 19.5. The summed E-state index contributed by atoms with van der Waals surface area (Å²) < 4.78 is 45.9. The largest absolute Gasteiger partial charge is 0.411 e. The van der Waals surface area contributed by atoms with Crippen LogP contribution in [0.1, 0.15) is 0 Å². The molecule has 0 aliphatic carbocycles. The lowest BCUT2D eigenvalue weighted by Crippen LogP contribution is -2.32. The zero-order valence-corrected chi connectivity index (χ0v) is 16.9. The van der Waals surface area contributed by atoms with Crippen molar-refractivity contribution in [2.75, 3.05) is 6.26 Å². The molecule has 1 N–H and O–H groups in total. The topological polar surface area (TPSA) is 102 Å². The summed E-state index contributed by atoms with van der Waals surface area (Å²) in [6.07, 6.45) is 1.18. The number of halogens is 3. The van der Waals surface area contributed by atoms with E-state index in [0.717, 1.165) is 0 Å². The molecule has 12 heteroatoms. The minimum Gasteiger partial charge on any atom is -0.365 e. The van der Waals surface area contributed by atoms with Crippen molar-refractivity contribution in [1.82, 2.24) is 4.72 Å². The van der Waals surface area contributed by atoms with Gasteiger partial charge in [0.25, 0.3) is 0 Å². The molecule has 26 heavy (non-hydrogen) atoms. The van der Waals surface area contributed by atoms with Gasteiger partial charge >= 0.3 is 16.3 Å². The molecular formula is C14H11Cl3N2O5S2. The van der Waals surface area contributed by atoms with Crippen LogP contribution in [0.3, 0.4) is 0 Å². The minimum absolute atomic E-state index is 0.0762. The van der Waals surface area contributed by atoms with Crippen molar-refractivity contribution in [2.24, 2.45) is 4.36 Å². The Balaban J connectivity index is 2.19. The van der Waals surface area contributed by atoms with E-state index >= 15 is 0 Å². The van der Waals surface area contributed by atoms with Gasteiger partial charge in [-0.1, -0.05) is 34.8 Å². The SMILES string of the molecule is C[S@@](=O)(=NC(=O)NS(=O)(=O)Oc1ccc(Cl)cc1Cl)c1ccc(Cl)cc1. The number of hydrogen-bond acceptors (Lipinski definition) is 5. The number of amides is 2. The van der Waals surface area contributed by atoms with Gasteiger partial charge in [-0.3, -0.25) is 0 Å². The first-order valence-corrected chi connectivity index (χ1v) is 11.1. The minimum atomic E-state index is -4.60. The van der Waals surface area contributed by atoms with Crippen molar-refractivity contribution >= 4 is 60.9 Å². The number of nitrogens with zero attached hydrogens (tertiary/aromatic N) is 1. The van der Waals surface area contributed by atoms with E-state index in [-0.39, 0.29) is 20.7 Å². The van der Waals surface area contributed by atoms with Crippen molar-refractivity contribution in [3.8, 4) is 5.75 Å². The highest BCUT2D eigenvalue weighted by molar-refractivity contribution is 7.93. The number of carbonyl (C=O) groups excluding carboxylic acids is 1. The predicted molar refractivity (Wildman–Crippen MR) is 101 cm³/mol. The van der Waals surface area contributed by atoms with Crippen LogP contribution >= 0.6 is 34.8 Å². The van der Waals surface area contributed by atoms with Gasteiger partial charge in [-0.25, -0.2) is 9.00 Å². The standard InChI is InChI=1S/C14H11Cl3N2O5S2/c1-25(21,11-5-2-9(15)3-6-11)18-14(20)19-26(22,23)24-13-7-4-10(16)8-12(13)17/h2-8H,1H3,(H,19,20)/t25-/m0/s1. The molecule has 0 spiro atoms. The molecule has 2 rings (SSSR count). The van der Waals surface area contributed by atoms with Crippen LogP contribution < -0.4 is 8.91 Å². The van der Waals surface area contributed by atoms with Crippen LogP contribution in [0.25, 0.3) is 0 Å². The molecule has 0 radical (unpaired) electrons. The summed E-state index contributed by atoms with van der Waals surface area (Å²) in [6.45, 7) is 0. The molecular weight excluding hydrogens is 447 g/mol. The van der Waals surface area contributed by atoms with E-state index in [1.807, 2.05) is 0 Å². The first-order chi connectivity index (χ1) is 12.0. The maximum Gasteiger partial charge on any atom is 0.411 e. The molecule has 7 nitrogen and oxygen atoms in total. The van der Waals surface area contributed by atoms with Crippen LogP contribution in [0.15, 0.2) is 51.7 Å². The highest BCUT2D eigenvalue weighted by atomic mass is 35.5. The lowest BCUT2D eigenvalue weighted by Gasteiger charge is -2.09. The van der Waals surface area contributed by atoms with Gasteiger partial charge in [-0.2, -0.15) is 13.1 Å². The van der Waals surface area contributed by atoms with Crippen molar-refractivity contribution in [2.45, 2.75) is 4.90 Å². The number of urea groups is 1. The van der Waals surface area contributed by atoms with Crippen LogP contribution in [0.4, 0.5) is 4.79 Å². The molecule has 2 aromatic rings. The Morgan fingerprint density at radius 2 is 1.58 bits per heavy atom. The van der Waals surface area contributed by atoms with Gasteiger partial charge < -0.3 is 4.18 Å². The first-order valence-electron chi connectivity index (χ1n) is 6.67. The third-order valence-electron chi connectivity index (χ3n) is 2.81. The van der Waals surface area contributed by atoms with Crippen LogP contribution in [0, 0.1) is 0 Å². The molecule has 2 aromatic carbocycles. The van der Waals surface area contributed by atoms with E-state index < -0.39 is 26.1 Å². The van der Waals surface area contributed by atoms with E-state index in [1.165, 1.54) is 53.4 Å². The number of rotatable bonds is 4. The normalized spacial score (nSPS) is 13.5. The second-order valence-electron chi connectivity index (χ2n) is 4.87. The van der Waals surface area contributed by atoms with Crippen molar-refractivity contribution in [1.29, 1.82) is 0 Å². The summed E-state index contributed by atoms with van der Waals surface area (Å²) in [5.74, 6) is -0.244. The van der Waals surface area contributed by atoms with Gasteiger partial charge in [0.2, 0.25) is 0 Å². The molecule has 0 fully saturated rings. The average molecular weight is 458 g/mol. The van der Waals surface area contributed by atoms with Gasteiger partial charge in [0.15, 0.2) is 5.75 Å². The Kier molecular flexibility index (Phi) is 6.41. The smallest absolute Gasteiger partial charge is 0.365 e. The number of nitrogens with one attached hydrogen (secondary N) is 1. The molecule has 0 heterocycles. The van der Waals surface area contributed by atoms with Crippen molar-refractivity contribution in [3.05, 3.63) is 57.5 Å². The van der Waals surface area contributed by atoms with Crippen LogP contribution in [0.2, 0.25) is 15.1 Å². The summed E-state index contributed by atoms with van der Waals surface area (Å²) >= 11 is 17.2. The highest BCUT2D eigenvalue weighted by Crippen LogP contribution is 2.28. The Hall–Kier alpha value is -1.52. The third kappa shape index (κ3) is 5.75. The molecule has 140 valence electrons. The summed E-state index contributed by atoms with van der Waals surface area (Å²) in [5, 5.41) is 0.601. The molecule has 2 amide bonds. The quantitative estimate of drug-likeness (QED) is 0.743. The van der Waals surface area contributed by atoms with E-state index in [9.17, 15) is 17.4 Å². The van der Waals surface area contributed by atoms with Crippen molar-refractivity contribution < 1.29 is 21.6 Å². The lowest BCUT2D eigenvalue weighted by atomic mass is 10.3. The second-order valence-corrected chi connectivity index (χ2v) is 9.69. The maximum atomic E-state index is 12.5. The van der Waals surface area contributed by atoms with Crippen LogP contribution in [-0.4, -0.2) is 24.9 Å². The fourth-order valence-corrected chi connectivity index (χ4v) is 4.17. The van der Waals surface area contributed by atoms with Crippen LogP contribution in [-0.2, 0) is 20.0 Å². The predicted octanol–water partition coefficient (Wildman–Crippen LogP) is 4.14. The van der Waals surface area contributed by atoms with Gasteiger partial charge in [-0.05, 0) is 42.5 Å². The molecule has 0 aliphatic rings. The average Bonchev–Trinajstić information content (AvgIpc) is 2.49. The molecule has 1 atom stereocenters. The summed E-state index contributed by atoms with van der Waals surface area (Å²) in [4.78, 5) is 12.1. The molecule has 0 aromatic heterocycles. The Labute approximate surface area is 165 Å². The van der Waals surface area contributed by atoms with E-state index in [1.54, 1.807) is 0 Å². The monoisotopic (exact) mass is 456 g/mol. The molecule has 0 saturated heterocycles. The fourth-order valence-electron chi connectivity index (χ4n) is 1.71. The zero-order valence-electron chi connectivity index (χ0n) is 13.0. The van der Waals surface area contributed by atoms with E-state index in [2.05, 4.69) is 8.55 Å². The van der Waals surface area contributed by atoms with Gasteiger partial charge in [-0.15, -0.1) is 4.36 Å². The lowest BCUT2D eigenvalue weighted by molar-refractivity contribution is 0.253. The van der Waals surface area contributed by atoms with Crippen LogP contribution in [0.5, 0.6) is 5.75 Å². The van der Waals surface area contributed by atoms with Gasteiger partial charge in [0.05, 0.1) is 14.8 Å². The summed E-state index contributed by atoms with van der Waals surface area (Å²) in [5.41, 5.74) is 0.